The third kappa shape index (κ3) is 3.55. The number of thiophene rings is 1. The number of rotatable bonds is 5. The first-order chi connectivity index (χ1) is 14.5. The van der Waals surface area contributed by atoms with Crippen molar-refractivity contribution in [1.82, 2.24) is 5.32 Å². The highest BCUT2D eigenvalue weighted by atomic mass is 32.1. The number of ether oxygens (including phenoxy) is 1. The molecule has 0 fully saturated rings. The van der Waals surface area contributed by atoms with Crippen molar-refractivity contribution in [1.29, 1.82) is 0 Å². The van der Waals surface area contributed by atoms with E-state index in [0.717, 1.165) is 4.88 Å². The first-order valence-electron chi connectivity index (χ1n) is 9.28. The molecule has 3 aromatic rings. The maximum absolute atomic E-state index is 13.0. The van der Waals surface area contributed by atoms with Crippen LogP contribution in [0.15, 0.2) is 60.0 Å². The molecule has 0 saturated carbocycles. The van der Waals surface area contributed by atoms with Crippen LogP contribution in [0.3, 0.4) is 0 Å². The van der Waals surface area contributed by atoms with Crippen molar-refractivity contribution in [3.05, 3.63) is 92.7 Å². The van der Waals surface area contributed by atoms with Crippen LogP contribution >= 0.6 is 11.3 Å². The first-order valence-corrected chi connectivity index (χ1v) is 10.2. The molecule has 0 bridgehead atoms. The zero-order valence-corrected chi connectivity index (χ0v) is 16.8. The van der Waals surface area contributed by atoms with E-state index in [0.29, 0.717) is 5.56 Å². The summed E-state index contributed by atoms with van der Waals surface area (Å²) < 4.78 is 5.13. The Hall–Kier alpha value is -3.58. The lowest BCUT2D eigenvalue weighted by Gasteiger charge is -2.19. The Labute approximate surface area is 176 Å². The minimum Gasteiger partial charge on any atom is -0.452 e. The predicted molar refractivity (Wildman–Crippen MR) is 111 cm³/mol. The van der Waals surface area contributed by atoms with Crippen LogP contribution in [0.4, 0.5) is 0 Å². The average Bonchev–Trinajstić information content (AvgIpc) is 3.30. The zero-order chi connectivity index (χ0) is 21.3. The van der Waals surface area contributed by atoms with E-state index in [9.17, 15) is 19.2 Å². The predicted octanol–water partition coefficient (Wildman–Crippen LogP) is 3.56. The topological polar surface area (TPSA) is 89.5 Å². The fourth-order valence-electron chi connectivity index (χ4n) is 3.42. The van der Waals surface area contributed by atoms with Gasteiger partial charge in [0.15, 0.2) is 18.2 Å². The molecule has 30 heavy (non-hydrogen) atoms. The molecule has 2 aromatic carbocycles. The van der Waals surface area contributed by atoms with Crippen LogP contribution in [0.5, 0.6) is 0 Å². The molecule has 4 rings (SSSR count). The summed E-state index contributed by atoms with van der Waals surface area (Å²) in [6.45, 7) is 1.35. The third-order valence-electron chi connectivity index (χ3n) is 4.85. The summed E-state index contributed by atoms with van der Waals surface area (Å²) in [6, 6.07) is 14.5. The minimum atomic E-state index is -0.827. The van der Waals surface area contributed by atoms with Gasteiger partial charge in [-0.2, -0.15) is 0 Å². The van der Waals surface area contributed by atoms with Gasteiger partial charge in [-0.05, 0) is 24.4 Å². The van der Waals surface area contributed by atoms with Gasteiger partial charge < -0.3 is 10.1 Å². The van der Waals surface area contributed by atoms with Crippen LogP contribution in [0.25, 0.3) is 0 Å². The summed E-state index contributed by atoms with van der Waals surface area (Å²) >= 11 is 1.51. The van der Waals surface area contributed by atoms with Crippen LogP contribution < -0.4 is 5.32 Å². The lowest BCUT2D eigenvalue weighted by Crippen LogP contribution is -2.31. The van der Waals surface area contributed by atoms with Gasteiger partial charge in [-0.3, -0.25) is 14.4 Å². The van der Waals surface area contributed by atoms with Crippen molar-refractivity contribution in [2.75, 3.05) is 6.61 Å². The van der Waals surface area contributed by atoms with Gasteiger partial charge in [0.05, 0.1) is 11.6 Å². The van der Waals surface area contributed by atoms with Crippen LogP contribution in [0.2, 0.25) is 0 Å². The normalized spacial score (nSPS) is 13.2. The van der Waals surface area contributed by atoms with Crippen LogP contribution in [0.1, 0.15) is 60.0 Å². The third-order valence-corrected chi connectivity index (χ3v) is 5.91. The average molecular weight is 419 g/mol. The van der Waals surface area contributed by atoms with E-state index in [-0.39, 0.29) is 34.1 Å². The van der Waals surface area contributed by atoms with E-state index in [4.69, 9.17) is 4.74 Å². The zero-order valence-electron chi connectivity index (χ0n) is 16.0. The van der Waals surface area contributed by atoms with Gasteiger partial charge in [0.1, 0.15) is 0 Å². The van der Waals surface area contributed by atoms with Crippen molar-refractivity contribution in [3.8, 4) is 0 Å². The van der Waals surface area contributed by atoms with E-state index in [1.807, 2.05) is 24.4 Å². The summed E-state index contributed by atoms with van der Waals surface area (Å²) in [5, 5.41) is 4.66. The number of benzene rings is 2. The highest BCUT2D eigenvalue weighted by Crippen LogP contribution is 2.29. The molecule has 1 atom stereocenters. The van der Waals surface area contributed by atoms with Gasteiger partial charge in [-0.25, -0.2) is 4.79 Å². The molecule has 0 aliphatic heterocycles. The molecule has 7 heteroatoms. The van der Waals surface area contributed by atoms with Crippen molar-refractivity contribution in [2.24, 2.45) is 0 Å². The fourth-order valence-corrected chi connectivity index (χ4v) is 4.15. The Morgan fingerprint density at radius 2 is 1.63 bits per heavy atom. The lowest BCUT2D eigenvalue weighted by atomic mass is 9.82. The number of hydrogen-bond acceptors (Lipinski definition) is 6. The number of fused-ring (bicyclic) bond motifs is 2. The number of amides is 1. The maximum Gasteiger partial charge on any atom is 0.339 e. The Kier molecular flexibility index (Phi) is 5.29. The molecule has 1 aliphatic carbocycles. The van der Waals surface area contributed by atoms with Gasteiger partial charge in [-0.1, -0.05) is 42.5 Å². The summed E-state index contributed by atoms with van der Waals surface area (Å²) in [4.78, 5) is 51.5. The fraction of sp³-hybridized carbons (Fsp3) is 0.130. The molecule has 1 aliphatic rings. The highest BCUT2D eigenvalue weighted by molar-refractivity contribution is 7.10. The molecule has 0 saturated heterocycles. The van der Waals surface area contributed by atoms with Gasteiger partial charge in [0.2, 0.25) is 0 Å². The largest absolute Gasteiger partial charge is 0.452 e. The second-order valence-corrected chi connectivity index (χ2v) is 7.79. The quantitative estimate of drug-likeness (QED) is 0.500. The van der Waals surface area contributed by atoms with Crippen molar-refractivity contribution in [2.45, 2.75) is 13.0 Å². The minimum absolute atomic E-state index is 0.0126. The Bertz CT molecular complexity index is 1170. The Morgan fingerprint density at radius 3 is 2.33 bits per heavy atom. The molecular formula is C23H17NO5S. The first kappa shape index (κ1) is 19.7. The van der Waals surface area contributed by atoms with E-state index in [1.54, 1.807) is 24.3 Å². The molecule has 0 radical (unpaired) electrons. The summed E-state index contributed by atoms with van der Waals surface area (Å²) in [5.41, 5.74) is 0.696. The Balaban J connectivity index is 1.51. The molecule has 1 amide bonds. The number of carbonyl (C=O) groups is 4. The van der Waals surface area contributed by atoms with E-state index >= 15 is 0 Å². The Morgan fingerprint density at radius 1 is 0.933 bits per heavy atom. The van der Waals surface area contributed by atoms with Crippen molar-refractivity contribution < 1.29 is 23.9 Å². The summed E-state index contributed by atoms with van der Waals surface area (Å²) in [5.74, 6) is -2.02. The number of hydrogen-bond donors (Lipinski definition) is 1. The maximum atomic E-state index is 13.0. The van der Waals surface area contributed by atoms with E-state index in [1.165, 1.54) is 29.5 Å². The summed E-state index contributed by atoms with van der Waals surface area (Å²) in [6.07, 6.45) is 0. The molecule has 1 unspecified atom stereocenters. The molecule has 1 heterocycles. The number of esters is 1. The molecular weight excluding hydrogens is 402 g/mol. The lowest BCUT2D eigenvalue weighted by molar-refractivity contribution is -0.124. The van der Waals surface area contributed by atoms with Crippen molar-refractivity contribution >= 4 is 34.8 Å². The number of nitrogens with one attached hydrogen (secondary N) is 1. The standard InChI is InChI=1S/C23H17NO5S/c1-13(18-10-5-11-30-18)24-19(25)12-29-23(28)17-9-4-8-16-20(17)22(27)15-7-3-2-6-14(15)21(16)26/h2-11,13H,12H2,1H3,(H,24,25). The smallest absolute Gasteiger partial charge is 0.339 e. The molecule has 0 spiro atoms. The van der Waals surface area contributed by atoms with Crippen molar-refractivity contribution in [3.63, 3.8) is 0 Å². The second-order valence-electron chi connectivity index (χ2n) is 6.81. The second kappa shape index (κ2) is 8.04. The highest BCUT2D eigenvalue weighted by Gasteiger charge is 2.33. The molecule has 1 N–H and O–H groups in total. The van der Waals surface area contributed by atoms with E-state index in [2.05, 4.69) is 5.32 Å². The van der Waals surface area contributed by atoms with Crippen LogP contribution in [-0.2, 0) is 9.53 Å². The van der Waals surface area contributed by atoms with Crippen LogP contribution in [0, 0.1) is 0 Å². The monoisotopic (exact) mass is 419 g/mol. The van der Waals surface area contributed by atoms with Gasteiger partial charge >= 0.3 is 5.97 Å². The van der Waals surface area contributed by atoms with Gasteiger partial charge in [0.25, 0.3) is 5.91 Å². The number of ketones is 2. The van der Waals surface area contributed by atoms with Gasteiger partial charge in [-0.15, -0.1) is 11.3 Å². The van der Waals surface area contributed by atoms with Gasteiger partial charge in [0, 0.05) is 27.1 Å². The van der Waals surface area contributed by atoms with Crippen LogP contribution in [-0.4, -0.2) is 30.0 Å². The number of carbonyl (C=O) groups excluding carboxylic acids is 4. The SMILES string of the molecule is CC(NC(=O)COC(=O)c1cccc2c1C(=O)c1ccccc1C2=O)c1cccs1. The summed E-state index contributed by atoms with van der Waals surface area (Å²) in [7, 11) is 0. The molecule has 1 aromatic heterocycles. The van der Waals surface area contributed by atoms with E-state index < -0.39 is 24.3 Å². The molecule has 6 nitrogen and oxygen atoms in total. The molecule has 150 valence electrons.